The van der Waals surface area contributed by atoms with Crippen LogP contribution >= 0.6 is 11.8 Å². The van der Waals surface area contributed by atoms with Crippen LogP contribution < -0.4 is 0 Å². The summed E-state index contributed by atoms with van der Waals surface area (Å²) in [7, 11) is 0. The van der Waals surface area contributed by atoms with Gasteiger partial charge in [-0.2, -0.15) is 11.8 Å². The van der Waals surface area contributed by atoms with E-state index in [0.717, 1.165) is 0 Å². The van der Waals surface area contributed by atoms with Crippen molar-refractivity contribution in [2.24, 2.45) is 0 Å². The van der Waals surface area contributed by atoms with E-state index in [0.29, 0.717) is 0 Å². The molecule has 0 N–H and O–H groups in total. The number of thioether (sulfide) groups is 1. The van der Waals surface area contributed by atoms with E-state index in [-0.39, 0.29) is 0 Å². The third kappa shape index (κ3) is 124. The highest BCUT2D eigenvalue weighted by Crippen LogP contribution is 1.70. The summed E-state index contributed by atoms with van der Waals surface area (Å²) in [4.78, 5) is 0. The monoisotopic (exact) mass is 116 g/mol. The molecule has 7 heavy (non-hydrogen) atoms. The number of hydrogen-bond donors (Lipinski definition) is 0. The molecule has 0 aromatic rings. The lowest BCUT2D eigenvalue weighted by molar-refractivity contribution is 2.15. The van der Waals surface area contributed by atoms with E-state index in [2.05, 4.69) is 13.2 Å². The average Bonchev–Trinajstić information content (AvgIpc) is 1.69. The molecular formula is C6H12S. The van der Waals surface area contributed by atoms with E-state index < -0.39 is 0 Å². The molecular weight excluding hydrogens is 104 g/mol. The Labute approximate surface area is 50.3 Å². The normalized spacial score (nSPS) is 5.43. The summed E-state index contributed by atoms with van der Waals surface area (Å²) in [6.45, 7) is 6.72. The van der Waals surface area contributed by atoms with E-state index in [4.69, 9.17) is 0 Å². The first-order valence-electron chi connectivity index (χ1n) is 1.97. The minimum Gasteiger partial charge on any atom is -0.169 e. The van der Waals surface area contributed by atoms with Gasteiger partial charge in [0.05, 0.1) is 0 Å². The molecule has 0 heterocycles. The smallest absolute Gasteiger partial charge is 0.0187 e. The van der Waals surface area contributed by atoms with Crippen LogP contribution in [0.15, 0.2) is 25.3 Å². The van der Waals surface area contributed by atoms with Crippen LogP contribution in [-0.2, 0) is 0 Å². The van der Waals surface area contributed by atoms with Crippen LogP contribution in [-0.4, -0.2) is 12.5 Å². The van der Waals surface area contributed by atoms with Crippen LogP contribution in [0.25, 0.3) is 0 Å². The number of hydrogen-bond acceptors (Lipinski definition) is 1. The summed E-state index contributed by atoms with van der Waals surface area (Å²) < 4.78 is 0. The maximum Gasteiger partial charge on any atom is -0.0187 e. The summed E-state index contributed by atoms with van der Waals surface area (Å²) in [6.07, 6.45) is 7.36. The largest absolute Gasteiger partial charge is 0.169 e. The van der Waals surface area contributed by atoms with E-state index in [1.165, 1.54) is 0 Å². The average molecular weight is 116 g/mol. The highest BCUT2D eigenvalue weighted by molar-refractivity contribution is 7.97. The summed E-state index contributed by atoms with van der Waals surface area (Å²) in [5, 5.41) is 0. The van der Waals surface area contributed by atoms with Gasteiger partial charge in [-0.05, 0) is 12.5 Å². The van der Waals surface area contributed by atoms with Gasteiger partial charge in [-0.3, -0.25) is 0 Å². The first kappa shape index (κ1) is 9.95. The Hall–Kier alpha value is -0.170. The van der Waals surface area contributed by atoms with Gasteiger partial charge in [-0.15, -0.1) is 0 Å². The molecule has 0 aliphatic rings. The van der Waals surface area contributed by atoms with E-state index in [1.807, 2.05) is 12.5 Å². The highest BCUT2D eigenvalue weighted by atomic mass is 32.2. The molecule has 0 saturated carbocycles. The number of rotatable bonds is 1. The SMILES string of the molecule is C=CC=C.CSC. The van der Waals surface area contributed by atoms with Crippen molar-refractivity contribution >= 4 is 11.8 Å². The Kier molecular flexibility index (Phi) is 24.1. The Morgan fingerprint density at radius 1 is 1.14 bits per heavy atom. The van der Waals surface area contributed by atoms with Crippen LogP contribution in [0.4, 0.5) is 0 Å². The van der Waals surface area contributed by atoms with Gasteiger partial charge >= 0.3 is 0 Å². The molecule has 1 heteroatoms. The van der Waals surface area contributed by atoms with Crippen LogP contribution in [0.1, 0.15) is 0 Å². The molecule has 0 aliphatic heterocycles. The van der Waals surface area contributed by atoms with Crippen molar-refractivity contribution in [1.29, 1.82) is 0 Å². The molecule has 42 valence electrons. The lowest BCUT2D eigenvalue weighted by Gasteiger charge is -1.51. The molecule has 0 aromatic carbocycles. The summed E-state index contributed by atoms with van der Waals surface area (Å²) in [6, 6.07) is 0. The minimum absolute atomic E-state index is 1.64. The highest BCUT2D eigenvalue weighted by Gasteiger charge is 1.32. The second-order valence-corrected chi connectivity index (χ2v) is 1.70. The van der Waals surface area contributed by atoms with Crippen LogP contribution in [0.3, 0.4) is 0 Å². The van der Waals surface area contributed by atoms with Gasteiger partial charge in [0.25, 0.3) is 0 Å². The van der Waals surface area contributed by atoms with Crippen molar-refractivity contribution < 1.29 is 0 Å². The first-order valence-corrected chi connectivity index (χ1v) is 3.60. The summed E-state index contributed by atoms with van der Waals surface area (Å²) >= 11 is 1.75. The van der Waals surface area contributed by atoms with Crippen molar-refractivity contribution in [1.82, 2.24) is 0 Å². The molecule has 0 saturated heterocycles. The van der Waals surface area contributed by atoms with Crippen LogP contribution in [0, 0.1) is 0 Å². The quantitative estimate of drug-likeness (QED) is 0.474. The maximum atomic E-state index is 3.36. The lowest BCUT2D eigenvalue weighted by Crippen LogP contribution is -1.25. The van der Waals surface area contributed by atoms with E-state index >= 15 is 0 Å². The molecule has 0 nitrogen and oxygen atoms in total. The van der Waals surface area contributed by atoms with Gasteiger partial charge in [0.15, 0.2) is 0 Å². The second kappa shape index (κ2) is 17.0. The zero-order valence-corrected chi connectivity index (χ0v) is 5.79. The Morgan fingerprint density at radius 2 is 1.29 bits per heavy atom. The topological polar surface area (TPSA) is 0 Å². The second-order valence-electron chi connectivity index (χ2n) is 0.880. The zero-order chi connectivity index (χ0) is 6.12. The Morgan fingerprint density at radius 3 is 1.29 bits per heavy atom. The van der Waals surface area contributed by atoms with Gasteiger partial charge in [-0.25, -0.2) is 0 Å². The Bertz CT molecular complexity index is 33.4. The van der Waals surface area contributed by atoms with Crippen molar-refractivity contribution in [3.8, 4) is 0 Å². The molecule has 0 radical (unpaired) electrons. The first-order chi connectivity index (χ1) is 3.33. The predicted octanol–water partition coefficient (Wildman–Crippen LogP) is 2.34. The van der Waals surface area contributed by atoms with Crippen molar-refractivity contribution in [3.05, 3.63) is 25.3 Å². The van der Waals surface area contributed by atoms with Gasteiger partial charge in [0.1, 0.15) is 0 Å². The molecule has 0 bridgehead atoms. The standard InChI is InChI=1S/C4H6.C2H6S/c1-3-4-2;1-3-2/h3-4H,1-2H2;1-2H3. The van der Waals surface area contributed by atoms with Gasteiger partial charge < -0.3 is 0 Å². The molecule has 0 amide bonds. The fraction of sp³-hybridized carbons (Fsp3) is 0.333. The van der Waals surface area contributed by atoms with E-state index in [9.17, 15) is 0 Å². The third-order valence-electron chi connectivity index (χ3n) is 0.167. The fourth-order valence-electron chi connectivity index (χ4n) is 0. The molecule has 0 spiro atoms. The lowest BCUT2D eigenvalue weighted by atomic mass is 10.6. The van der Waals surface area contributed by atoms with Crippen LogP contribution in [0.2, 0.25) is 0 Å². The van der Waals surface area contributed by atoms with Crippen LogP contribution in [0.5, 0.6) is 0 Å². The van der Waals surface area contributed by atoms with Crippen molar-refractivity contribution in [2.75, 3.05) is 12.5 Å². The van der Waals surface area contributed by atoms with Gasteiger partial charge in [0, 0.05) is 0 Å². The summed E-state index contributed by atoms with van der Waals surface area (Å²) in [5.41, 5.74) is 0. The van der Waals surface area contributed by atoms with Crippen molar-refractivity contribution in [2.45, 2.75) is 0 Å². The predicted molar refractivity (Wildman–Crippen MR) is 39.8 cm³/mol. The molecule has 0 unspecified atom stereocenters. The molecule has 0 fully saturated rings. The van der Waals surface area contributed by atoms with Crippen molar-refractivity contribution in [3.63, 3.8) is 0 Å². The van der Waals surface area contributed by atoms with Gasteiger partial charge in [-0.1, -0.05) is 25.3 Å². The molecule has 0 aromatic heterocycles. The zero-order valence-electron chi connectivity index (χ0n) is 4.98. The van der Waals surface area contributed by atoms with Gasteiger partial charge in [0.2, 0.25) is 0 Å². The maximum absolute atomic E-state index is 3.36. The van der Waals surface area contributed by atoms with E-state index in [1.54, 1.807) is 23.9 Å². The minimum atomic E-state index is 1.64. The fourth-order valence-corrected chi connectivity index (χ4v) is 0. The third-order valence-corrected chi connectivity index (χ3v) is 0.167. The molecule has 0 atom stereocenters. The summed E-state index contributed by atoms with van der Waals surface area (Å²) in [5.74, 6) is 0. The Balaban J connectivity index is 0. The molecule has 0 aliphatic carbocycles. The molecule has 0 rings (SSSR count). The number of allylic oxidation sites excluding steroid dienone is 2.